The number of hydrogen-bond acceptors (Lipinski definition) is 9. The minimum absolute atomic E-state index is 0.0784. The van der Waals surface area contributed by atoms with Gasteiger partial charge in [0.05, 0.1) is 18.6 Å². The van der Waals surface area contributed by atoms with Gasteiger partial charge in [-0.15, -0.1) is 0 Å². The van der Waals surface area contributed by atoms with Crippen LogP contribution < -0.4 is 0 Å². The summed E-state index contributed by atoms with van der Waals surface area (Å²) < 4.78 is 17.1. The molecule has 36 heavy (non-hydrogen) atoms. The molecular weight excluding hydrogens is 472 g/mol. The zero-order valence-corrected chi connectivity index (χ0v) is 21.5. The van der Waals surface area contributed by atoms with Crippen LogP contribution in [0, 0.1) is 28.1 Å². The highest BCUT2D eigenvalue weighted by Crippen LogP contribution is 2.60. The Morgan fingerprint density at radius 3 is 2.47 bits per heavy atom. The Labute approximate surface area is 211 Å². The van der Waals surface area contributed by atoms with E-state index in [0.29, 0.717) is 32.1 Å². The first kappa shape index (κ1) is 27.7. The van der Waals surface area contributed by atoms with E-state index >= 15 is 0 Å². The Morgan fingerprint density at radius 1 is 1.08 bits per heavy atom. The molecule has 10 heteroatoms. The highest BCUT2D eigenvalue weighted by Gasteiger charge is 2.58. The van der Waals surface area contributed by atoms with E-state index in [1.54, 1.807) is 0 Å². The summed E-state index contributed by atoms with van der Waals surface area (Å²) in [5.41, 5.74) is -1.36. The highest BCUT2D eigenvalue weighted by atomic mass is 16.7. The Morgan fingerprint density at radius 2 is 1.81 bits per heavy atom. The largest absolute Gasteiger partial charge is 0.481 e. The lowest BCUT2D eigenvalue weighted by Crippen LogP contribution is -2.59. The zero-order valence-electron chi connectivity index (χ0n) is 21.5. The second-order valence-electron chi connectivity index (χ2n) is 12.5. The summed E-state index contributed by atoms with van der Waals surface area (Å²) in [4.78, 5) is 24.8. The highest BCUT2D eigenvalue weighted by molar-refractivity contribution is 5.75. The molecule has 4 fully saturated rings. The van der Waals surface area contributed by atoms with Crippen molar-refractivity contribution in [1.29, 1.82) is 0 Å². The number of carboxylic acid groups (broad SMARTS) is 1. The fourth-order valence-electron chi connectivity index (χ4n) is 7.54. The first-order valence-corrected chi connectivity index (χ1v) is 13.2. The molecule has 2 heterocycles. The molecular formula is C26H42O10. The fourth-order valence-corrected chi connectivity index (χ4v) is 7.54. The van der Waals surface area contributed by atoms with Gasteiger partial charge in [-0.3, -0.25) is 9.59 Å². The number of carbonyl (C=O) groups excluding carboxylic acids is 1. The molecule has 206 valence electrons. The number of aliphatic carboxylic acids is 1. The molecule has 0 aromatic carbocycles. The Bertz CT molecular complexity index is 834. The molecule has 0 radical (unpaired) electrons. The van der Waals surface area contributed by atoms with Gasteiger partial charge in [0.15, 0.2) is 6.29 Å². The van der Waals surface area contributed by atoms with Gasteiger partial charge in [0, 0.05) is 11.8 Å². The third-order valence-corrected chi connectivity index (χ3v) is 9.75. The molecule has 2 aliphatic heterocycles. The minimum Gasteiger partial charge on any atom is -0.481 e. The lowest BCUT2D eigenvalue weighted by atomic mass is 9.50. The number of hydrogen-bond donors (Lipinski definition) is 5. The number of fused-ring (bicyclic) bond motifs is 3. The van der Waals surface area contributed by atoms with Gasteiger partial charge in [-0.1, -0.05) is 13.8 Å². The van der Waals surface area contributed by atoms with Crippen LogP contribution >= 0.6 is 0 Å². The number of carboxylic acids is 1. The van der Waals surface area contributed by atoms with Gasteiger partial charge >= 0.3 is 11.9 Å². The van der Waals surface area contributed by atoms with Gasteiger partial charge in [0.25, 0.3) is 0 Å². The van der Waals surface area contributed by atoms with E-state index in [1.807, 2.05) is 6.92 Å². The van der Waals surface area contributed by atoms with Crippen LogP contribution in [0.2, 0.25) is 0 Å². The molecule has 4 rings (SSSR count). The van der Waals surface area contributed by atoms with Gasteiger partial charge in [-0.25, -0.2) is 0 Å². The van der Waals surface area contributed by atoms with Crippen molar-refractivity contribution in [1.82, 2.24) is 0 Å². The SMILES string of the molecule is CC1(CCOC2OC(CO)C(O)C(O)C2O)CCC2C(CC(=O)OC3CCC(C)(C(=O)O)CC32C)C1. The first-order valence-electron chi connectivity index (χ1n) is 13.2. The van der Waals surface area contributed by atoms with Crippen molar-refractivity contribution in [2.75, 3.05) is 13.2 Å². The van der Waals surface area contributed by atoms with Gasteiger partial charge in [-0.2, -0.15) is 0 Å². The monoisotopic (exact) mass is 514 g/mol. The number of ether oxygens (including phenoxy) is 3. The number of carbonyl (C=O) groups is 2. The topological polar surface area (TPSA) is 163 Å². The predicted octanol–water partition coefficient (Wildman–Crippen LogP) is 1.21. The molecule has 2 saturated heterocycles. The van der Waals surface area contributed by atoms with Crippen LogP contribution in [-0.2, 0) is 23.8 Å². The summed E-state index contributed by atoms with van der Waals surface area (Å²) in [6, 6.07) is 0. The van der Waals surface area contributed by atoms with Crippen LogP contribution in [0.3, 0.4) is 0 Å². The number of esters is 1. The Kier molecular flexibility index (Phi) is 7.79. The summed E-state index contributed by atoms with van der Waals surface area (Å²) in [6.07, 6.45) is -1.75. The molecule has 10 nitrogen and oxygen atoms in total. The third-order valence-electron chi connectivity index (χ3n) is 9.75. The van der Waals surface area contributed by atoms with Crippen molar-refractivity contribution in [2.45, 2.75) is 109 Å². The molecule has 0 bridgehead atoms. The quantitative estimate of drug-likeness (QED) is 0.326. The molecule has 5 N–H and O–H groups in total. The average Bonchev–Trinajstić information content (AvgIpc) is 2.90. The molecule has 4 aliphatic rings. The van der Waals surface area contributed by atoms with Crippen molar-refractivity contribution in [3.05, 3.63) is 0 Å². The van der Waals surface area contributed by atoms with Crippen molar-refractivity contribution in [3.8, 4) is 0 Å². The average molecular weight is 515 g/mol. The van der Waals surface area contributed by atoms with Crippen molar-refractivity contribution < 1.29 is 49.3 Å². The number of aliphatic hydroxyl groups excluding tert-OH is 4. The summed E-state index contributed by atoms with van der Waals surface area (Å²) in [7, 11) is 0. The van der Waals surface area contributed by atoms with Crippen LogP contribution in [0.1, 0.15) is 72.1 Å². The van der Waals surface area contributed by atoms with E-state index in [9.17, 15) is 35.1 Å². The molecule has 2 aliphatic carbocycles. The van der Waals surface area contributed by atoms with Gasteiger partial charge in [0.2, 0.25) is 0 Å². The molecule has 0 amide bonds. The second kappa shape index (κ2) is 10.1. The summed E-state index contributed by atoms with van der Waals surface area (Å²) in [6.45, 7) is 5.79. The molecule has 11 unspecified atom stereocenters. The first-order chi connectivity index (χ1) is 16.8. The Hall–Kier alpha value is -1.30. The van der Waals surface area contributed by atoms with E-state index in [4.69, 9.17) is 14.2 Å². The molecule has 11 atom stereocenters. The smallest absolute Gasteiger partial charge is 0.309 e. The molecule has 0 aromatic rings. The lowest BCUT2D eigenvalue weighted by molar-refractivity contribution is -0.302. The van der Waals surface area contributed by atoms with E-state index in [2.05, 4.69) is 13.8 Å². The van der Waals surface area contributed by atoms with Crippen molar-refractivity contribution >= 4 is 11.9 Å². The predicted molar refractivity (Wildman–Crippen MR) is 125 cm³/mol. The van der Waals surface area contributed by atoms with Crippen LogP contribution in [0.25, 0.3) is 0 Å². The second-order valence-corrected chi connectivity index (χ2v) is 12.5. The minimum atomic E-state index is -1.48. The molecule has 0 aromatic heterocycles. The van der Waals surface area contributed by atoms with E-state index in [1.165, 1.54) is 0 Å². The number of rotatable bonds is 6. The maximum Gasteiger partial charge on any atom is 0.309 e. The fraction of sp³-hybridized carbons (Fsp3) is 0.923. The van der Waals surface area contributed by atoms with Gasteiger partial charge in [-0.05, 0) is 69.1 Å². The number of aliphatic hydroxyl groups is 4. The van der Waals surface area contributed by atoms with Gasteiger partial charge in [0.1, 0.15) is 30.5 Å². The molecule has 0 spiro atoms. The van der Waals surface area contributed by atoms with Crippen molar-refractivity contribution in [2.24, 2.45) is 28.1 Å². The van der Waals surface area contributed by atoms with Crippen LogP contribution in [0.4, 0.5) is 0 Å². The standard InChI is InChI=1S/C26H42O10/c1-24(8-9-34-22-21(31)20(30)19(29)16(12-27)35-22)6-4-15-14(11-24)10-18(28)36-17-5-7-25(2,23(32)33)13-26(15,17)3/h14-17,19-22,27,29-31H,4-13H2,1-3H3,(H,32,33). The third kappa shape index (κ3) is 5.05. The van der Waals surface area contributed by atoms with Crippen LogP contribution in [0.5, 0.6) is 0 Å². The van der Waals surface area contributed by atoms with Crippen molar-refractivity contribution in [3.63, 3.8) is 0 Å². The van der Waals surface area contributed by atoms with E-state index in [-0.39, 0.29) is 35.9 Å². The summed E-state index contributed by atoms with van der Waals surface area (Å²) in [5.74, 6) is -0.734. The van der Waals surface area contributed by atoms with E-state index in [0.717, 1.165) is 19.3 Å². The Balaban J connectivity index is 1.42. The van der Waals surface area contributed by atoms with Crippen LogP contribution in [0.15, 0.2) is 0 Å². The normalized spacial score (nSPS) is 49.4. The van der Waals surface area contributed by atoms with Crippen LogP contribution in [-0.4, -0.2) is 87.5 Å². The summed E-state index contributed by atoms with van der Waals surface area (Å²) in [5, 5.41) is 49.4. The summed E-state index contributed by atoms with van der Waals surface area (Å²) >= 11 is 0. The maximum absolute atomic E-state index is 12.7. The maximum atomic E-state index is 12.7. The molecule has 2 saturated carbocycles. The van der Waals surface area contributed by atoms with Gasteiger partial charge < -0.3 is 39.7 Å². The lowest BCUT2D eigenvalue weighted by Gasteiger charge is -2.54. The van der Waals surface area contributed by atoms with E-state index < -0.39 is 54.1 Å². The zero-order chi connectivity index (χ0) is 26.5.